The van der Waals surface area contributed by atoms with Crippen molar-refractivity contribution in [2.24, 2.45) is 0 Å². The maximum absolute atomic E-state index is 11.3. The summed E-state index contributed by atoms with van der Waals surface area (Å²) in [5.74, 6) is 0. The second-order valence-corrected chi connectivity index (χ2v) is 3.96. The SMILES string of the molecule is O=c1[nH]c2ccc3c(c2[nH]c1=O)CCNC3. The van der Waals surface area contributed by atoms with Crippen molar-refractivity contribution in [3.05, 3.63) is 44.0 Å². The summed E-state index contributed by atoms with van der Waals surface area (Å²) in [6.07, 6.45) is 0.870. The van der Waals surface area contributed by atoms with Crippen LogP contribution in [0.4, 0.5) is 0 Å². The van der Waals surface area contributed by atoms with E-state index in [1.54, 1.807) is 0 Å². The average Bonchev–Trinajstić information content (AvgIpc) is 2.31. The van der Waals surface area contributed by atoms with Crippen LogP contribution in [0.5, 0.6) is 0 Å². The lowest BCUT2D eigenvalue weighted by Crippen LogP contribution is -2.30. The third-order valence-corrected chi connectivity index (χ3v) is 2.97. The molecule has 1 aromatic heterocycles. The van der Waals surface area contributed by atoms with Crippen molar-refractivity contribution in [3.8, 4) is 0 Å². The van der Waals surface area contributed by atoms with Crippen LogP contribution in [0.1, 0.15) is 11.1 Å². The summed E-state index contributed by atoms with van der Waals surface area (Å²) < 4.78 is 0. The fourth-order valence-corrected chi connectivity index (χ4v) is 2.17. The molecule has 5 heteroatoms. The molecule has 1 aromatic carbocycles. The van der Waals surface area contributed by atoms with Crippen molar-refractivity contribution in [1.29, 1.82) is 0 Å². The van der Waals surface area contributed by atoms with E-state index in [1.165, 1.54) is 5.56 Å². The number of aromatic nitrogens is 2. The molecule has 0 spiro atoms. The molecule has 2 heterocycles. The first-order chi connectivity index (χ1) is 7.75. The van der Waals surface area contributed by atoms with E-state index in [-0.39, 0.29) is 0 Å². The van der Waals surface area contributed by atoms with E-state index in [1.807, 2.05) is 12.1 Å². The lowest BCUT2D eigenvalue weighted by molar-refractivity contribution is 0.646. The van der Waals surface area contributed by atoms with Gasteiger partial charge in [-0.3, -0.25) is 9.59 Å². The van der Waals surface area contributed by atoms with Gasteiger partial charge < -0.3 is 15.3 Å². The Hall–Kier alpha value is -1.88. The molecule has 82 valence electrons. The van der Waals surface area contributed by atoms with Gasteiger partial charge in [-0.1, -0.05) is 6.07 Å². The van der Waals surface area contributed by atoms with Gasteiger partial charge in [-0.2, -0.15) is 0 Å². The quantitative estimate of drug-likeness (QED) is 0.537. The summed E-state index contributed by atoms with van der Waals surface area (Å²) in [6, 6.07) is 3.82. The summed E-state index contributed by atoms with van der Waals surface area (Å²) in [7, 11) is 0. The minimum absolute atomic E-state index is 0.584. The largest absolute Gasteiger partial charge is 0.316 e. The molecule has 0 radical (unpaired) electrons. The van der Waals surface area contributed by atoms with Crippen molar-refractivity contribution < 1.29 is 0 Å². The van der Waals surface area contributed by atoms with Gasteiger partial charge in [0, 0.05) is 6.54 Å². The summed E-state index contributed by atoms with van der Waals surface area (Å²) >= 11 is 0. The molecule has 0 saturated carbocycles. The van der Waals surface area contributed by atoms with E-state index in [0.717, 1.165) is 30.6 Å². The Morgan fingerprint density at radius 3 is 2.75 bits per heavy atom. The molecule has 0 bridgehead atoms. The number of hydrogen-bond acceptors (Lipinski definition) is 3. The predicted molar refractivity (Wildman–Crippen MR) is 60.6 cm³/mol. The molecule has 0 fully saturated rings. The highest BCUT2D eigenvalue weighted by atomic mass is 16.2. The molecule has 1 aliphatic rings. The van der Waals surface area contributed by atoms with Gasteiger partial charge in [0.25, 0.3) is 0 Å². The van der Waals surface area contributed by atoms with Gasteiger partial charge in [0.15, 0.2) is 0 Å². The zero-order valence-corrected chi connectivity index (χ0v) is 8.59. The van der Waals surface area contributed by atoms with E-state index in [9.17, 15) is 9.59 Å². The molecule has 2 aromatic rings. The van der Waals surface area contributed by atoms with Crippen LogP contribution in [0.3, 0.4) is 0 Å². The molecule has 0 aliphatic carbocycles. The Morgan fingerprint density at radius 2 is 1.88 bits per heavy atom. The van der Waals surface area contributed by atoms with Crippen LogP contribution in [0, 0.1) is 0 Å². The summed E-state index contributed by atoms with van der Waals surface area (Å²) in [5, 5.41) is 3.27. The first-order valence-corrected chi connectivity index (χ1v) is 5.23. The van der Waals surface area contributed by atoms with Crippen LogP contribution in [-0.4, -0.2) is 16.5 Å². The van der Waals surface area contributed by atoms with Gasteiger partial charge >= 0.3 is 11.1 Å². The molecule has 0 atom stereocenters. The third-order valence-electron chi connectivity index (χ3n) is 2.97. The number of rotatable bonds is 0. The Balaban J connectivity index is 2.43. The molecular weight excluding hydrogens is 206 g/mol. The van der Waals surface area contributed by atoms with E-state index < -0.39 is 11.1 Å². The predicted octanol–water partition coefficient (Wildman–Crippen LogP) is -0.138. The molecule has 0 amide bonds. The normalized spacial score (nSPS) is 15.0. The number of fused-ring (bicyclic) bond motifs is 3. The Kier molecular flexibility index (Phi) is 1.94. The highest BCUT2D eigenvalue weighted by Crippen LogP contribution is 2.20. The van der Waals surface area contributed by atoms with Gasteiger partial charge in [-0.05, 0) is 30.2 Å². The van der Waals surface area contributed by atoms with Crippen LogP contribution in [-0.2, 0) is 13.0 Å². The van der Waals surface area contributed by atoms with Gasteiger partial charge in [0.2, 0.25) is 0 Å². The van der Waals surface area contributed by atoms with Gasteiger partial charge in [-0.15, -0.1) is 0 Å². The Labute approximate surface area is 90.5 Å². The van der Waals surface area contributed by atoms with Gasteiger partial charge in [-0.25, -0.2) is 0 Å². The minimum atomic E-state index is -0.596. The van der Waals surface area contributed by atoms with Crippen molar-refractivity contribution >= 4 is 11.0 Å². The van der Waals surface area contributed by atoms with Gasteiger partial charge in [0.1, 0.15) is 0 Å². The number of nitrogens with one attached hydrogen (secondary N) is 3. The molecule has 3 N–H and O–H groups in total. The molecule has 0 unspecified atom stereocenters. The van der Waals surface area contributed by atoms with E-state index in [4.69, 9.17) is 0 Å². The Bertz CT molecular complexity index is 669. The molecule has 16 heavy (non-hydrogen) atoms. The second-order valence-electron chi connectivity index (χ2n) is 3.96. The standard InChI is InChI=1S/C11H11N3O2/c15-10-11(16)14-9-7-3-4-12-5-6(7)1-2-8(9)13-10/h1-2,12H,3-5H2,(H,13,15)(H,14,16). The summed E-state index contributed by atoms with van der Waals surface area (Å²) in [6.45, 7) is 1.71. The highest BCUT2D eigenvalue weighted by Gasteiger charge is 2.13. The number of hydrogen-bond donors (Lipinski definition) is 3. The monoisotopic (exact) mass is 217 g/mol. The number of H-pyrrole nitrogens is 2. The third kappa shape index (κ3) is 1.29. The lowest BCUT2D eigenvalue weighted by atomic mass is 9.99. The van der Waals surface area contributed by atoms with E-state index in [2.05, 4.69) is 15.3 Å². The zero-order valence-electron chi connectivity index (χ0n) is 8.59. The highest BCUT2D eigenvalue weighted by molar-refractivity contribution is 5.79. The molecule has 0 saturated heterocycles. The summed E-state index contributed by atoms with van der Waals surface area (Å²) in [5.41, 5.74) is 2.60. The van der Waals surface area contributed by atoms with Crippen molar-refractivity contribution in [2.45, 2.75) is 13.0 Å². The van der Waals surface area contributed by atoms with Crippen LogP contribution in [0.15, 0.2) is 21.7 Å². The van der Waals surface area contributed by atoms with Crippen LogP contribution >= 0.6 is 0 Å². The molecule has 3 rings (SSSR count). The minimum Gasteiger partial charge on any atom is -0.316 e. The lowest BCUT2D eigenvalue weighted by Gasteiger charge is -2.18. The smallest absolute Gasteiger partial charge is 0.314 e. The summed E-state index contributed by atoms with van der Waals surface area (Å²) in [4.78, 5) is 27.7. The van der Waals surface area contributed by atoms with E-state index >= 15 is 0 Å². The number of aromatic amines is 2. The van der Waals surface area contributed by atoms with Crippen LogP contribution in [0.25, 0.3) is 11.0 Å². The second kappa shape index (κ2) is 3.31. The van der Waals surface area contributed by atoms with E-state index in [0.29, 0.717) is 5.52 Å². The van der Waals surface area contributed by atoms with Crippen LogP contribution in [0.2, 0.25) is 0 Å². The fourth-order valence-electron chi connectivity index (χ4n) is 2.17. The molecule has 1 aliphatic heterocycles. The maximum atomic E-state index is 11.3. The van der Waals surface area contributed by atoms with Crippen molar-refractivity contribution in [2.75, 3.05) is 6.54 Å². The topological polar surface area (TPSA) is 77.8 Å². The first-order valence-electron chi connectivity index (χ1n) is 5.23. The first kappa shape index (κ1) is 9.35. The van der Waals surface area contributed by atoms with Gasteiger partial charge in [0.05, 0.1) is 11.0 Å². The Morgan fingerprint density at radius 1 is 1.06 bits per heavy atom. The van der Waals surface area contributed by atoms with Crippen LogP contribution < -0.4 is 16.4 Å². The fraction of sp³-hybridized carbons (Fsp3) is 0.273. The zero-order chi connectivity index (χ0) is 11.1. The average molecular weight is 217 g/mol. The molecule has 5 nitrogen and oxygen atoms in total. The number of benzene rings is 1. The maximum Gasteiger partial charge on any atom is 0.314 e. The van der Waals surface area contributed by atoms with Crippen molar-refractivity contribution in [1.82, 2.24) is 15.3 Å². The molecular formula is C11H11N3O2. The van der Waals surface area contributed by atoms with Crippen molar-refractivity contribution in [3.63, 3.8) is 0 Å².